The number of hydrogen-bond acceptors (Lipinski definition) is 7. The van der Waals surface area contributed by atoms with Gasteiger partial charge in [-0.1, -0.05) is 86.3 Å². The van der Waals surface area contributed by atoms with Gasteiger partial charge >= 0.3 is 11.9 Å². The van der Waals surface area contributed by atoms with Crippen LogP contribution in [0.15, 0.2) is 65.8 Å². The first kappa shape index (κ1) is 37.2. The van der Waals surface area contributed by atoms with Gasteiger partial charge in [0.2, 0.25) is 0 Å². The molecule has 0 aliphatic carbocycles. The van der Waals surface area contributed by atoms with E-state index < -0.39 is 11.9 Å². The molecule has 266 valence electrons. The third kappa shape index (κ3) is 7.95. The molecule has 0 fully saturated rings. The molecule has 0 radical (unpaired) electrons. The van der Waals surface area contributed by atoms with E-state index in [-0.39, 0.29) is 36.7 Å². The zero-order valence-corrected chi connectivity index (χ0v) is 30.9. The van der Waals surface area contributed by atoms with E-state index in [1.807, 2.05) is 63.2 Å². The van der Waals surface area contributed by atoms with Gasteiger partial charge in [0.05, 0.1) is 24.3 Å². The standard InChI is InChI=1S/C43H49N3O5/c1-8-11-14-30(9-2)25-46-38-19-17-31(41(44)37(45-51-29(7)47)18-20-39(48)50-10-3)23-34(38)35-24-36(32-15-12-13-16-33(32)42(35)46)43(49)40-27(5)21-26(4)22-28(40)6/h12-13,15-17,19,21-24,30,44H,8-11,14,18,20,25H2,1-7H3/b44-41?,45-37+. The van der Waals surface area contributed by atoms with E-state index in [0.29, 0.717) is 17.0 Å². The van der Waals surface area contributed by atoms with Crippen molar-refractivity contribution in [3.8, 4) is 0 Å². The third-order valence-corrected chi connectivity index (χ3v) is 9.73. The predicted molar refractivity (Wildman–Crippen MR) is 206 cm³/mol. The smallest absolute Gasteiger partial charge is 0.331 e. The first-order valence-electron chi connectivity index (χ1n) is 18.1. The highest BCUT2D eigenvalue weighted by Gasteiger charge is 2.24. The Morgan fingerprint density at radius 1 is 0.863 bits per heavy atom. The summed E-state index contributed by atoms with van der Waals surface area (Å²) in [6.45, 7) is 14.5. The predicted octanol–water partition coefficient (Wildman–Crippen LogP) is 9.95. The molecule has 51 heavy (non-hydrogen) atoms. The summed E-state index contributed by atoms with van der Waals surface area (Å²) in [5, 5.41) is 16.9. The summed E-state index contributed by atoms with van der Waals surface area (Å²) in [5.74, 6) is -0.593. The van der Waals surface area contributed by atoms with Crippen LogP contribution in [0, 0.1) is 32.1 Å². The molecule has 5 rings (SSSR count). The van der Waals surface area contributed by atoms with Gasteiger partial charge in [0.15, 0.2) is 5.78 Å². The summed E-state index contributed by atoms with van der Waals surface area (Å²) in [6, 6.07) is 20.2. The number of aryl methyl sites for hydroxylation is 3. The highest BCUT2D eigenvalue weighted by Crippen LogP contribution is 2.39. The number of benzene rings is 4. The van der Waals surface area contributed by atoms with Gasteiger partial charge in [0.1, 0.15) is 5.71 Å². The molecular formula is C43H49N3O5. The van der Waals surface area contributed by atoms with Gasteiger partial charge in [-0.2, -0.15) is 0 Å². The number of carbonyl (C=O) groups is 3. The molecule has 5 aromatic rings. The minimum atomic E-state index is -0.619. The van der Waals surface area contributed by atoms with Crippen LogP contribution in [0.1, 0.15) is 104 Å². The van der Waals surface area contributed by atoms with Gasteiger partial charge in [0.25, 0.3) is 0 Å². The van der Waals surface area contributed by atoms with Crippen LogP contribution in [0.5, 0.6) is 0 Å². The molecule has 1 atom stereocenters. The zero-order chi connectivity index (χ0) is 36.8. The number of fused-ring (bicyclic) bond motifs is 5. The number of unbranched alkanes of at least 4 members (excludes halogenated alkanes) is 1. The quantitative estimate of drug-likeness (QED) is 0.0387. The fourth-order valence-corrected chi connectivity index (χ4v) is 7.30. The Hall–Kier alpha value is -5.11. The van der Waals surface area contributed by atoms with Crippen LogP contribution in [0.25, 0.3) is 32.6 Å². The van der Waals surface area contributed by atoms with Crippen molar-refractivity contribution in [1.29, 1.82) is 5.41 Å². The second kappa shape index (κ2) is 16.3. The number of rotatable bonds is 15. The van der Waals surface area contributed by atoms with Crippen molar-refractivity contribution in [3.05, 3.63) is 94.0 Å². The largest absolute Gasteiger partial charge is 0.466 e. The molecule has 1 heterocycles. The molecule has 0 bridgehead atoms. The Kier molecular flexibility index (Phi) is 11.9. The summed E-state index contributed by atoms with van der Waals surface area (Å²) in [4.78, 5) is 43.4. The second-order valence-corrected chi connectivity index (χ2v) is 13.5. The normalized spacial score (nSPS) is 12.4. The van der Waals surface area contributed by atoms with Gasteiger partial charge in [-0.25, -0.2) is 4.79 Å². The molecule has 1 N–H and O–H groups in total. The number of nitrogens with one attached hydrogen (secondary N) is 1. The van der Waals surface area contributed by atoms with Crippen molar-refractivity contribution in [2.45, 2.75) is 93.5 Å². The number of aromatic nitrogens is 1. The number of esters is 1. The molecular weight excluding hydrogens is 638 g/mol. The second-order valence-electron chi connectivity index (χ2n) is 13.5. The molecule has 1 unspecified atom stereocenters. The highest BCUT2D eigenvalue weighted by atomic mass is 16.7. The average Bonchev–Trinajstić information content (AvgIpc) is 3.41. The van der Waals surface area contributed by atoms with E-state index in [4.69, 9.17) is 15.0 Å². The lowest BCUT2D eigenvalue weighted by Gasteiger charge is -2.19. The summed E-state index contributed by atoms with van der Waals surface area (Å²) in [6.07, 6.45) is 4.51. The molecule has 0 aliphatic rings. The van der Waals surface area contributed by atoms with E-state index in [1.54, 1.807) is 6.92 Å². The minimum Gasteiger partial charge on any atom is -0.466 e. The lowest BCUT2D eigenvalue weighted by atomic mass is 9.89. The fraction of sp³-hybridized carbons (Fsp3) is 0.372. The van der Waals surface area contributed by atoms with Crippen LogP contribution < -0.4 is 0 Å². The fourth-order valence-electron chi connectivity index (χ4n) is 7.30. The van der Waals surface area contributed by atoms with Crippen LogP contribution in [-0.4, -0.2) is 40.3 Å². The molecule has 0 spiro atoms. The van der Waals surface area contributed by atoms with Crippen molar-refractivity contribution in [2.24, 2.45) is 11.1 Å². The Balaban J connectivity index is 1.76. The van der Waals surface area contributed by atoms with Crippen LogP contribution >= 0.6 is 0 Å². The molecule has 0 aliphatic heterocycles. The third-order valence-electron chi connectivity index (χ3n) is 9.73. The van der Waals surface area contributed by atoms with E-state index in [2.05, 4.69) is 41.8 Å². The zero-order valence-electron chi connectivity index (χ0n) is 30.9. The Labute approximate surface area is 300 Å². The van der Waals surface area contributed by atoms with Crippen molar-refractivity contribution >= 4 is 61.7 Å². The van der Waals surface area contributed by atoms with E-state index in [1.165, 1.54) is 6.92 Å². The molecule has 4 aromatic carbocycles. The van der Waals surface area contributed by atoms with Crippen LogP contribution in [0.3, 0.4) is 0 Å². The van der Waals surface area contributed by atoms with Crippen molar-refractivity contribution in [1.82, 2.24) is 4.57 Å². The van der Waals surface area contributed by atoms with Crippen molar-refractivity contribution < 1.29 is 24.0 Å². The van der Waals surface area contributed by atoms with E-state index in [9.17, 15) is 14.4 Å². The van der Waals surface area contributed by atoms with Gasteiger partial charge in [0, 0.05) is 58.3 Å². The van der Waals surface area contributed by atoms with Crippen LogP contribution in [-0.2, 0) is 25.7 Å². The van der Waals surface area contributed by atoms with Gasteiger partial charge in [-0.15, -0.1) is 0 Å². The average molecular weight is 688 g/mol. The number of nitrogens with zero attached hydrogens (tertiary/aromatic N) is 2. The number of ketones is 1. The Morgan fingerprint density at radius 2 is 1.57 bits per heavy atom. The molecule has 0 saturated heterocycles. The van der Waals surface area contributed by atoms with E-state index in [0.717, 1.165) is 87.1 Å². The first-order chi connectivity index (χ1) is 24.5. The molecule has 1 aromatic heterocycles. The lowest BCUT2D eigenvalue weighted by molar-refractivity contribution is -0.143. The van der Waals surface area contributed by atoms with Gasteiger partial charge < -0.3 is 14.1 Å². The number of hydrogen-bond donors (Lipinski definition) is 1. The molecule has 0 saturated carbocycles. The van der Waals surface area contributed by atoms with E-state index >= 15 is 0 Å². The van der Waals surface area contributed by atoms with Crippen molar-refractivity contribution in [2.75, 3.05) is 6.61 Å². The maximum absolute atomic E-state index is 14.6. The minimum absolute atomic E-state index is 0.0106. The van der Waals surface area contributed by atoms with Crippen LogP contribution in [0.4, 0.5) is 0 Å². The van der Waals surface area contributed by atoms with Gasteiger partial charge in [-0.3, -0.25) is 15.0 Å². The maximum Gasteiger partial charge on any atom is 0.331 e. The summed E-state index contributed by atoms with van der Waals surface area (Å²) < 4.78 is 7.49. The Morgan fingerprint density at radius 3 is 2.22 bits per heavy atom. The lowest BCUT2D eigenvalue weighted by Crippen LogP contribution is -2.18. The topological polar surface area (TPSA) is 111 Å². The Bertz CT molecular complexity index is 2150. The molecule has 8 heteroatoms. The summed E-state index contributed by atoms with van der Waals surface area (Å²) in [5.41, 5.74) is 7.20. The van der Waals surface area contributed by atoms with Gasteiger partial charge in [-0.05, 0) is 74.7 Å². The van der Waals surface area contributed by atoms with Crippen molar-refractivity contribution in [3.63, 3.8) is 0 Å². The monoisotopic (exact) mass is 687 g/mol. The number of oxime groups is 1. The first-order valence-corrected chi connectivity index (χ1v) is 18.1. The SMILES string of the molecule is CCCCC(CC)Cn1c2ccc(C(=N)/C(CCC(=O)OCC)=N/OC(C)=O)cc2c2cc(C(=O)c3c(C)cc(C)cc3C)c3ccccc3c21. The maximum atomic E-state index is 14.6. The number of carbonyl (C=O) groups excluding carboxylic acids is 3. The number of ether oxygens (including phenoxy) is 1. The summed E-state index contributed by atoms with van der Waals surface area (Å²) in [7, 11) is 0. The summed E-state index contributed by atoms with van der Waals surface area (Å²) >= 11 is 0. The molecule has 0 amide bonds. The van der Waals surface area contributed by atoms with Crippen LogP contribution in [0.2, 0.25) is 0 Å². The highest BCUT2D eigenvalue weighted by molar-refractivity contribution is 6.47. The molecule has 8 nitrogen and oxygen atoms in total.